The van der Waals surface area contributed by atoms with E-state index in [0.717, 1.165) is 4.47 Å². The van der Waals surface area contributed by atoms with Crippen molar-refractivity contribution in [3.8, 4) is 6.07 Å². The number of carbonyl (C=O) groups is 1. The molecule has 0 spiro atoms. The van der Waals surface area contributed by atoms with Gasteiger partial charge in [-0.05, 0) is 36.4 Å². The smallest absolute Gasteiger partial charge is 0.255 e. The Labute approximate surface area is 129 Å². The third-order valence-corrected chi connectivity index (χ3v) is 3.39. The van der Waals surface area contributed by atoms with Crippen LogP contribution < -0.4 is 5.32 Å². The van der Waals surface area contributed by atoms with Crippen molar-refractivity contribution in [1.82, 2.24) is 0 Å². The number of hydrogen-bond acceptors (Lipinski definition) is 3. The maximum absolute atomic E-state index is 13.1. The average Bonchev–Trinajstić information content (AvgIpc) is 2.42. The van der Waals surface area contributed by atoms with Crippen molar-refractivity contribution < 1.29 is 9.18 Å². The second-order valence-electron chi connectivity index (χ2n) is 3.92. The molecule has 0 aliphatic rings. The number of nitrogens with one attached hydrogen (secondary N) is 1. The Hall–Kier alpha value is -1.84. The van der Waals surface area contributed by atoms with Crippen LogP contribution in [0, 0.1) is 17.1 Å². The van der Waals surface area contributed by atoms with Crippen LogP contribution in [0.4, 0.5) is 10.1 Å². The maximum Gasteiger partial charge on any atom is 0.255 e. The predicted molar refractivity (Wildman–Crippen MR) is 80.5 cm³/mol. The maximum atomic E-state index is 13.1. The van der Waals surface area contributed by atoms with Gasteiger partial charge >= 0.3 is 0 Å². The molecule has 0 bridgehead atoms. The molecule has 0 saturated heterocycles. The van der Waals surface area contributed by atoms with E-state index in [2.05, 4.69) is 33.9 Å². The Morgan fingerprint density at radius 2 is 2.05 bits per heavy atom. The standard InChI is InChI=1S/C14H8BrFN2OS/c15-10-3-1-9(7-17)12(6-10)18-14(19)8-2-4-11(16)13(20)5-8/h1-6,20H,(H,18,19). The molecule has 3 nitrogen and oxygen atoms in total. The SMILES string of the molecule is N#Cc1ccc(Br)cc1NC(=O)c1ccc(F)c(S)c1. The van der Waals surface area contributed by atoms with Gasteiger partial charge in [0.25, 0.3) is 5.91 Å². The molecule has 0 heterocycles. The largest absolute Gasteiger partial charge is 0.321 e. The van der Waals surface area contributed by atoms with Crippen LogP contribution in [0.5, 0.6) is 0 Å². The van der Waals surface area contributed by atoms with E-state index in [1.165, 1.54) is 18.2 Å². The Balaban J connectivity index is 2.30. The number of thiol groups is 1. The van der Waals surface area contributed by atoms with E-state index in [1.54, 1.807) is 18.2 Å². The van der Waals surface area contributed by atoms with E-state index in [9.17, 15) is 9.18 Å². The fourth-order valence-electron chi connectivity index (χ4n) is 1.57. The molecule has 20 heavy (non-hydrogen) atoms. The number of rotatable bonds is 2. The highest BCUT2D eigenvalue weighted by Gasteiger charge is 2.11. The van der Waals surface area contributed by atoms with Gasteiger partial charge in [0.05, 0.1) is 11.3 Å². The summed E-state index contributed by atoms with van der Waals surface area (Å²) in [6, 6.07) is 10.8. The van der Waals surface area contributed by atoms with Crippen molar-refractivity contribution in [2.24, 2.45) is 0 Å². The number of amides is 1. The zero-order valence-corrected chi connectivity index (χ0v) is 12.5. The third kappa shape index (κ3) is 3.18. The molecule has 1 N–H and O–H groups in total. The van der Waals surface area contributed by atoms with E-state index in [0.29, 0.717) is 11.3 Å². The Morgan fingerprint density at radius 3 is 2.70 bits per heavy atom. The molecule has 1 amide bonds. The summed E-state index contributed by atoms with van der Waals surface area (Å²) in [5.74, 6) is -0.931. The van der Waals surface area contributed by atoms with Crippen LogP contribution in [0.2, 0.25) is 0 Å². The summed E-state index contributed by atoms with van der Waals surface area (Å²) >= 11 is 7.20. The lowest BCUT2D eigenvalue weighted by atomic mass is 10.1. The molecule has 0 aliphatic heterocycles. The number of halogens is 2. The lowest BCUT2D eigenvalue weighted by Crippen LogP contribution is -2.13. The average molecular weight is 351 g/mol. The zero-order chi connectivity index (χ0) is 14.7. The second kappa shape index (κ2) is 6.07. The lowest BCUT2D eigenvalue weighted by molar-refractivity contribution is 0.102. The zero-order valence-electron chi connectivity index (χ0n) is 10.0. The molecular formula is C14H8BrFN2OS. The van der Waals surface area contributed by atoms with E-state index in [1.807, 2.05) is 6.07 Å². The van der Waals surface area contributed by atoms with E-state index in [-0.39, 0.29) is 10.5 Å². The highest BCUT2D eigenvalue weighted by atomic mass is 79.9. The number of anilines is 1. The number of carbonyl (C=O) groups excluding carboxylic acids is 1. The van der Waals surface area contributed by atoms with Crippen LogP contribution in [-0.4, -0.2) is 5.91 Å². The van der Waals surface area contributed by atoms with Gasteiger partial charge in [-0.25, -0.2) is 4.39 Å². The molecule has 6 heteroatoms. The number of nitrogens with zero attached hydrogens (tertiary/aromatic N) is 1. The molecule has 0 unspecified atom stereocenters. The molecule has 0 atom stereocenters. The number of benzene rings is 2. The fourth-order valence-corrected chi connectivity index (χ4v) is 2.14. The molecule has 2 rings (SSSR count). The summed E-state index contributed by atoms with van der Waals surface area (Å²) in [5.41, 5.74) is 0.993. The van der Waals surface area contributed by atoms with Crippen LogP contribution in [0.1, 0.15) is 15.9 Å². The third-order valence-electron chi connectivity index (χ3n) is 2.56. The quantitative estimate of drug-likeness (QED) is 0.804. The van der Waals surface area contributed by atoms with Gasteiger partial charge in [-0.1, -0.05) is 15.9 Å². The molecule has 0 aromatic heterocycles. The van der Waals surface area contributed by atoms with Gasteiger partial charge in [-0.3, -0.25) is 4.79 Å². The highest BCUT2D eigenvalue weighted by molar-refractivity contribution is 9.10. The van der Waals surface area contributed by atoms with Gasteiger partial charge in [0.15, 0.2) is 0 Å². The lowest BCUT2D eigenvalue weighted by Gasteiger charge is -2.08. The van der Waals surface area contributed by atoms with Crippen LogP contribution in [-0.2, 0) is 0 Å². The molecule has 0 aliphatic carbocycles. The summed E-state index contributed by atoms with van der Waals surface area (Å²) in [7, 11) is 0. The van der Waals surface area contributed by atoms with Crippen LogP contribution in [0.3, 0.4) is 0 Å². The summed E-state index contributed by atoms with van der Waals surface area (Å²) < 4.78 is 13.8. The topological polar surface area (TPSA) is 52.9 Å². The van der Waals surface area contributed by atoms with Crippen molar-refractivity contribution in [2.45, 2.75) is 4.90 Å². The first-order valence-electron chi connectivity index (χ1n) is 5.51. The minimum atomic E-state index is -0.495. The molecule has 0 saturated carbocycles. The van der Waals surface area contributed by atoms with Gasteiger partial charge < -0.3 is 5.32 Å². The Bertz CT molecular complexity index is 728. The molecule has 2 aromatic carbocycles. The minimum absolute atomic E-state index is 0.0902. The number of hydrogen-bond donors (Lipinski definition) is 2. The van der Waals surface area contributed by atoms with Crippen molar-refractivity contribution >= 4 is 40.2 Å². The normalized spacial score (nSPS) is 9.90. The van der Waals surface area contributed by atoms with Crippen molar-refractivity contribution in [2.75, 3.05) is 5.32 Å². The monoisotopic (exact) mass is 350 g/mol. The van der Waals surface area contributed by atoms with Gasteiger partial charge in [0, 0.05) is 14.9 Å². The first-order chi connectivity index (χ1) is 9.51. The molecule has 100 valence electrons. The summed E-state index contributed by atoms with van der Waals surface area (Å²) in [6.07, 6.45) is 0. The van der Waals surface area contributed by atoms with Crippen molar-refractivity contribution in [3.63, 3.8) is 0 Å². The van der Waals surface area contributed by atoms with Gasteiger partial charge in [0.2, 0.25) is 0 Å². The van der Waals surface area contributed by atoms with Crippen LogP contribution in [0.15, 0.2) is 45.8 Å². The molecule has 0 fully saturated rings. The molecule has 0 radical (unpaired) electrons. The summed E-state index contributed by atoms with van der Waals surface area (Å²) in [5, 5.41) is 11.6. The second-order valence-corrected chi connectivity index (χ2v) is 5.32. The van der Waals surface area contributed by atoms with E-state index >= 15 is 0 Å². The van der Waals surface area contributed by atoms with Gasteiger partial charge in [0.1, 0.15) is 11.9 Å². The van der Waals surface area contributed by atoms with Gasteiger partial charge in [-0.15, -0.1) is 12.6 Å². The predicted octanol–water partition coefficient (Wildman–Crippen LogP) is 4.00. The fraction of sp³-hybridized carbons (Fsp3) is 0. The van der Waals surface area contributed by atoms with Crippen LogP contribution >= 0.6 is 28.6 Å². The van der Waals surface area contributed by atoms with Crippen molar-refractivity contribution in [3.05, 3.63) is 57.8 Å². The summed E-state index contributed by atoms with van der Waals surface area (Å²) in [6.45, 7) is 0. The van der Waals surface area contributed by atoms with E-state index < -0.39 is 11.7 Å². The van der Waals surface area contributed by atoms with Crippen molar-refractivity contribution in [1.29, 1.82) is 5.26 Å². The Kier molecular flexibility index (Phi) is 4.42. The molecular weight excluding hydrogens is 343 g/mol. The summed E-state index contributed by atoms with van der Waals surface area (Å²) in [4.78, 5) is 12.2. The number of nitriles is 1. The highest BCUT2D eigenvalue weighted by Crippen LogP contribution is 2.22. The molecule has 2 aromatic rings. The minimum Gasteiger partial charge on any atom is -0.321 e. The first kappa shape index (κ1) is 14.6. The van der Waals surface area contributed by atoms with E-state index in [4.69, 9.17) is 5.26 Å². The van der Waals surface area contributed by atoms with Gasteiger partial charge in [-0.2, -0.15) is 5.26 Å². The van der Waals surface area contributed by atoms with Crippen LogP contribution in [0.25, 0.3) is 0 Å². The first-order valence-corrected chi connectivity index (χ1v) is 6.75. The Morgan fingerprint density at radius 1 is 1.30 bits per heavy atom.